The minimum absolute atomic E-state index is 0.0808. The number of hydrogen-bond acceptors (Lipinski definition) is 3. The van der Waals surface area contributed by atoms with Gasteiger partial charge in [-0.05, 0) is 12.1 Å². The van der Waals surface area contributed by atoms with Crippen LogP contribution >= 0.6 is 11.6 Å². The molecule has 0 radical (unpaired) electrons. The summed E-state index contributed by atoms with van der Waals surface area (Å²) in [5, 5.41) is 13.2. The molecule has 2 aromatic heterocycles. The summed E-state index contributed by atoms with van der Waals surface area (Å²) >= 11 is 5.68. The maximum absolute atomic E-state index is 10.9. The van der Waals surface area contributed by atoms with Crippen molar-refractivity contribution in [2.75, 3.05) is 0 Å². The van der Waals surface area contributed by atoms with E-state index in [0.717, 1.165) is 0 Å². The molecular weight excluding hydrogens is 218 g/mol. The largest absolute Gasteiger partial charge is 0.478 e. The van der Waals surface area contributed by atoms with Crippen molar-refractivity contribution in [1.29, 1.82) is 0 Å². The van der Waals surface area contributed by atoms with Crippen molar-refractivity contribution in [3.05, 3.63) is 41.3 Å². The number of carboxylic acids is 1. The lowest BCUT2D eigenvalue weighted by atomic mass is 10.2. The summed E-state index contributed by atoms with van der Waals surface area (Å²) < 4.78 is 1.33. The van der Waals surface area contributed by atoms with E-state index in [9.17, 15) is 4.79 Å². The average molecular weight is 224 g/mol. The number of hydrogen-bond donors (Lipinski definition) is 1. The van der Waals surface area contributed by atoms with E-state index in [1.807, 2.05) is 0 Å². The number of pyridine rings is 1. The second-order valence-electron chi connectivity index (χ2n) is 2.78. The Kier molecular flexibility index (Phi) is 2.39. The average Bonchev–Trinajstić information content (AvgIpc) is 2.65. The van der Waals surface area contributed by atoms with Gasteiger partial charge in [-0.3, -0.25) is 0 Å². The zero-order valence-electron chi connectivity index (χ0n) is 7.46. The summed E-state index contributed by atoms with van der Waals surface area (Å²) in [7, 11) is 0. The molecule has 0 bridgehead atoms. The summed E-state index contributed by atoms with van der Waals surface area (Å²) in [6, 6.07) is 3.01. The lowest BCUT2D eigenvalue weighted by molar-refractivity contribution is 0.0696. The molecule has 0 unspecified atom stereocenters. The van der Waals surface area contributed by atoms with E-state index in [4.69, 9.17) is 16.7 Å². The van der Waals surface area contributed by atoms with Gasteiger partial charge in [0.2, 0.25) is 0 Å². The third kappa shape index (κ3) is 1.82. The summed E-state index contributed by atoms with van der Waals surface area (Å²) in [6.07, 6.45) is 4.41. The molecule has 0 saturated heterocycles. The molecule has 0 amide bonds. The molecule has 0 aliphatic carbocycles. The number of aromatic nitrogens is 3. The Morgan fingerprint density at radius 1 is 1.53 bits per heavy atom. The normalized spacial score (nSPS) is 10.2. The van der Waals surface area contributed by atoms with E-state index in [-0.39, 0.29) is 11.4 Å². The highest BCUT2D eigenvalue weighted by atomic mass is 35.5. The molecule has 2 aromatic rings. The molecule has 1 N–H and O–H groups in total. The van der Waals surface area contributed by atoms with Crippen LogP contribution in [0, 0.1) is 0 Å². The van der Waals surface area contributed by atoms with Gasteiger partial charge < -0.3 is 5.11 Å². The number of carbonyl (C=O) groups is 1. The molecule has 15 heavy (non-hydrogen) atoms. The van der Waals surface area contributed by atoms with Crippen LogP contribution < -0.4 is 0 Å². The van der Waals surface area contributed by atoms with Gasteiger partial charge in [0.1, 0.15) is 5.56 Å². The van der Waals surface area contributed by atoms with Gasteiger partial charge >= 0.3 is 5.97 Å². The first-order valence-electron chi connectivity index (χ1n) is 4.07. The quantitative estimate of drug-likeness (QED) is 0.840. The highest BCUT2D eigenvalue weighted by Crippen LogP contribution is 2.13. The number of rotatable bonds is 2. The van der Waals surface area contributed by atoms with Crippen LogP contribution in [0.15, 0.2) is 30.7 Å². The zero-order chi connectivity index (χ0) is 10.8. The Hall–Kier alpha value is -1.88. The molecular formula is C9H6ClN3O2. The summed E-state index contributed by atoms with van der Waals surface area (Å²) in [5.41, 5.74) is 0.0808. The van der Waals surface area contributed by atoms with Gasteiger partial charge in [0, 0.05) is 6.20 Å². The van der Waals surface area contributed by atoms with Gasteiger partial charge in [-0.25, -0.2) is 14.5 Å². The third-order valence-electron chi connectivity index (χ3n) is 1.79. The minimum atomic E-state index is -1.05. The molecule has 2 heterocycles. The summed E-state index contributed by atoms with van der Waals surface area (Å²) in [6.45, 7) is 0. The topological polar surface area (TPSA) is 68.0 Å². The molecule has 6 heteroatoms. The number of aromatic carboxylic acids is 1. The molecule has 76 valence electrons. The van der Waals surface area contributed by atoms with E-state index in [0.29, 0.717) is 5.02 Å². The second-order valence-corrected chi connectivity index (χ2v) is 3.22. The van der Waals surface area contributed by atoms with Crippen LogP contribution in [0.4, 0.5) is 0 Å². The van der Waals surface area contributed by atoms with Crippen molar-refractivity contribution < 1.29 is 9.90 Å². The molecule has 2 rings (SSSR count). The SMILES string of the molecule is O=C(O)c1cccnc1-n1cc(Cl)cn1. The predicted octanol–water partition coefficient (Wildman–Crippen LogP) is 1.62. The van der Waals surface area contributed by atoms with E-state index in [1.54, 1.807) is 6.07 Å². The molecule has 5 nitrogen and oxygen atoms in total. The Balaban J connectivity index is 2.57. The second kappa shape index (κ2) is 3.70. The molecule has 0 spiro atoms. The molecule has 0 aliphatic heterocycles. The number of halogens is 1. The number of nitrogens with zero attached hydrogens (tertiary/aromatic N) is 3. The summed E-state index contributed by atoms with van der Waals surface area (Å²) in [5.74, 6) is -0.804. The van der Waals surface area contributed by atoms with Crippen molar-refractivity contribution in [3.63, 3.8) is 0 Å². The highest BCUT2D eigenvalue weighted by Gasteiger charge is 2.12. The van der Waals surface area contributed by atoms with E-state index in [1.165, 1.54) is 29.3 Å². The van der Waals surface area contributed by atoms with Crippen LogP contribution in [0.1, 0.15) is 10.4 Å². The summed E-state index contributed by atoms with van der Waals surface area (Å²) in [4.78, 5) is 14.8. The number of carboxylic acid groups (broad SMARTS) is 1. The fourth-order valence-corrected chi connectivity index (χ4v) is 1.30. The van der Waals surface area contributed by atoms with Crippen molar-refractivity contribution in [2.45, 2.75) is 0 Å². The van der Waals surface area contributed by atoms with Crippen molar-refractivity contribution >= 4 is 17.6 Å². The lowest BCUT2D eigenvalue weighted by Crippen LogP contribution is -2.07. The van der Waals surface area contributed by atoms with Gasteiger partial charge in [-0.1, -0.05) is 11.6 Å². The van der Waals surface area contributed by atoms with Crippen LogP contribution in [0.2, 0.25) is 5.02 Å². The maximum Gasteiger partial charge on any atom is 0.339 e. The van der Waals surface area contributed by atoms with E-state index < -0.39 is 5.97 Å². The lowest BCUT2D eigenvalue weighted by Gasteiger charge is -2.03. The Labute approximate surface area is 89.9 Å². The maximum atomic E-state index is 10.9. The molecule has 0 aromatic carbocycles. The van der Waals surface area contributed by atoms with E-state index >= 15 is 0 Å². The smallest absolute Gasteiger partial charge is 0.339 e. The standard InChI is InChI=1S/C9H6ClN3O2/c10-6-4-12-13(5-6)8-7(9(14)15)2-1-3-11-8/h1-5H,(H,14,15). The molecule has 0 aliphatic rings. The van der Waals surface area contributed by atoms with Gasteiger partial charge in [0.05, 0.1) is 17.4 Å². The van der Waals surface area contributed by atoms with Crippen LogP contribution in [-0.2, 0) is 0 Å². The zero-order valence-corrected chi connectivity index (χ0v) is 8.22. The minimum Gasteiger partial charge on any atom is -0.478 e. The van der Waals surface area contributed by atoms with Gasteiger partial charge in [0.15, 0.2) is 5.82 Å². The van der Waals surface area contributed by atoms with Crippen LogP contribution in [0.25, 0.3) is 5.82 Å². The first kappa shape index (κ1) is 9.67. The Morgan fingerprint density at radius 3 is 2.93 bits per heavy atom. The fraction of sp³-hybridized carbons (Fsp3) is 0. The van der Waals surface area contributed by atoms with Crippen LogP contribution in [0.5, 0.6) is 0 Å². The first-order valence-corrected chi connectivity index (χ1v) is 4.45. The van der Waals surface area contributed by atoms with Gasteiger partial charge in [-0.2, -0.15) is 5.10 Å². The fourth-order valence-electron chi connectivity index (χ4n) is 1.16. The molecule has 0 atom stereocenters. The Bertz CT molecular complexity index is 510. The molecule has 0 fully saturated rings. The van der Waals surface area contributed by atoms with E-state index in [2.05, 4.69) is 10.1 Å². The van der Waals surface area contributed by atoms with Gasteiger partial charge in [-0.15, -0.1) is 0 Å². The monoisotopic (exact) mass is 223 g/mol. The van der Waals surface area contributed by atoms with Crippen molar-refractivity contribution in [1.82, 2.24) is 14.8 Å². The van der Waals surface area contributed by atoms with Crippen molar-refractivity contribution in [3.8, 4) is 5.82 Å². The van der Waals surface area contributed by atoms with Gasteiger partial charge in [0.25, 0.3) is 0 Å². The predicted molar refractivity (Wildman–Crippen MR) is 53.3 cm³/mol. The van der Waals surface area contributed by atoms with Crippen molar-refractivity contribution in [2.24, 2.45) is 0 Å². The first-order chi connectivity index (χ1) is 7.18. The Morgan fingerprint density at radius 2 is 2.33 bits per heavy atom. The highest BCUT2D eigenvalue weighted by molar-refractivity contribution is 6.30. The molecule has 0 saturated carbocycles. The van der Waals surface area contributed by atoms with Crippen LogP contribution in [-0.4, -0.2) is 25.8 Å². The third-order valence-corrected chi connectivity index (χ3v) is 1.98. The van der Waals surface area contributed by atoms with Crippen LogP contribution in [0.3, 0.4) is 0 Å².